The third-order valence-electron chi connectivity index (χ3n) is 2.80. The number of aryl methyl sites for hydroxylation is 2. The number of nitrogens with zero attached hydrogens (tertiary/aromatic N) is 2. The van der Waals surface area contributed by atoms with Gasteiger partial charge in [0.15, 0.2) is 0 Å². The van der Waals surface area contributed by atoms with Crippen LogP contribution in [0.2, 0.25) is 0 Å². The summed E-state index contributed by atoms with van der Waals surface area (Å²) in [6, 6.07) is 6.88. The third kappa shape index (κ3) is 2.47. The summed E-state index contributed by atoms with van der Waals surface area (Å²) in [4.78, 5) is 8.81. The summed E-state index contributed by atoms with van der Waals surface area (Å²) in [5.74, 6) is 1.36. The summed E-state index contributed by atoms with van der Waals surface area (Å²) < 4.78 is 13.3. The van der Waals surface area contributed by atoms with Gasteiger partial charge in [-0.15, -0.1) is 0 Å². The van der Waals surface area contributed by atoms with Crippen molar-refractivity contribution in [1.29, 1.82) is 0 Å². The van der Waals surface area contributed by atoms with Crippen LogP contribution in [0.4, 0.5) is 10.2 Å². The van der Waals surface area contributed by atoms with E-state index in [0.717, 1.165) is 29.3 Å². The van der Waals surface area contributed by atoms with Gasteiger partial charge >= 0.3 is 0 Å². The fourth-order valence-electron chi connectivity index (χ4n) is 1.74. The van der Waals surface area contributed by atoms with Gasteiger partial charge in [-0.1, -0.05) is 6.92 Å². The van der Waals surface area contributed by atoms with Crippen molar-refractivity contribution in [2.24, 2.45) is 0 Å². The zero-order valence-corrected chi connectivity index (χ0v) is 10.8. The minimum Gasteiger partial charge on any atom is -0.373 e. The van der Waals surface area contributed by atoms with E-state index < -0.39 is 0 Å². The molecule has 0 saturated carbocycles. The van der Waals surface area contributed by atoms with Crippen molar-refractivity contribution in [2.45, 2.75) is 20.3 Å². The minimum atomic E-state index is -0.197. The molecule has 4 heteroatoms. The lowest BCUT2D eigenvalue weighted by Crippen LogP contribution is -2.01. The van der Waals surface area contributed by atoms with Crippen LogP contribution in [0.5, 0.6) is 0 Å². The zero-order chi connectivity index (χ0) is 13.1. The first kappa shape index (κ1) is 12.5. The number of anilines is 1. The molecule has 0 aliphatic carbocycles. The Morgan fingerprint density at radius 3 is 2.61 bits per heavy atom. The largest absolute Gasteiger partial charge is 0.373 e. The van der Waals surface area contributed by atoms with E-state index in [2.05, 4.69) is 15.3 Å². The first-order valence-corrected chi connectivity index (χ1v) is 5.96. The summed E-state index contributed by atoms with van der Waals surface area (Å²) in [5.41, 5.74) is 2.34. The van der Waals surface area contributed by atoms with Crippen LogP contribution in [0.25, 0.3) is 11.3 Å². The summed E-state index contributed by atoms with van der Waals surface area (Å²) in [6.07, 6.45) is 0.767. The van der Waals surface area contributed by atoms with Crippen LogP contribution >= 0.6 is 0 Å². The number of rotatable bonds is 3. The van der Waals surface area contributed by atoms with Gasteiger partial charge in [-0.25, -0.2) is 14.4 Å². The second-order valence-electron chi connectivity index (χ2n) is 4.12. The van der Waals surface area contributed by atoms with Crippen LogP contribution in [-0.4, -0.2) is 17.0 Å². The molecule has 2 aromatic rings. The molecule has 2 rings (SSSR count). The maximum Gasteiger partial charge on any atom is 0.131 e. The van der Waals surface area contributed by atoms with E-state index in [4.69, 9.17) is 0 Å². The molecule has 0 bridgehead atoms. The van der Waals surface area contributed by atoms with Gasteiger partial charge in [-0.2, -0.15) is 0 Å². The highest BCUT2D eigenvalue weighted by Gasteiger charge is 2.06. The summed E-state index contributed by atoms with van der Waals surface area (Å²) in [6.45, 7) is 3.76. The molecule has 0 atom stereocenters. The lowest BCUT2D eigenvalue weighted by atomic mass is 10.1. The van der Waals surface area contributed by atoms with E-state index in [9.17, 15) is 4.39 Å². The predicted octanol–water partition coefficient (Wildman–Crippen LogP) is 3.20. The highest BCUT2D eigenvalue weighted by atomic mass is 19.1. The number of halogens is 1. The third-order valence-corrected chi connectivity index (χ3v) is 2.80. The standard InChI is InChI=1S/C14H16FN3/c1-4-13-17-12(8-14(16-3)18-13)10-5-6-11(15)9(2)7-10/h5-8H,4H2,1-3H3,(H,16,17,18). The smallest absolute Gasteiger partial charge is 0.131 e. The molecule has 1 aromatic heterocycles. The van der Waals surface area contributed by atoms with Crippen molar-refractivity contribution in [1.82, 2.24) is 9.97 Å². The number of benzene rings is 1. The zero-order valence-electron chi connectivity index (χ0n) is 10.8. The summed E-state index contributed by atoms with van der Waals surface area (Å²) in [7, 11) is 1.82. The molecule has 0 fully saturated rings. The lowest BCUT2D eigenvalue weighted by molar-refractivity contribution is 0.619. The van der Waals surface area contributed by atoms with E-state index in [-0.39, 0.29) is 5.82 Å². The molecule has 0 radical (unpaired) electrons. The van der Waals surface area contributed by atoms with Gasteiger partial charge in [-0.05, 0) is 30.7 Å². The Labute approximate surface area is 106 Å². The van der Waals surface area contributed by atoms with Gasteiger partial charge in [0, 0.05) is 25.1 Å². The second-order valence-corrected chi connectivity index (χ2v) is 4.12. The molecular formula is C14H16FN3. The van der Waals surface area contributed by atoms with Gasteiger partial charge in [0.1, 0.15) is 17.5 Å². The fourth-order valence-corrected chi connectivity index (χ4v) is 1.74. The first-order chi connectivity index (χ1) is 8.63. The lowest BCUT2D eigenvalue weighted by Gasteiger charge is -2.08. The van der Waals surface area contributed by atoms with Crippen LogP contribution < -0.4 is 5.32 Å². The number of hydrogen-bond donors (Lipinski definition) is 1. The molecular weight excluding hydrogens is 229 g/mol. The molecule has 1 N–H and O–H groups in total. The summed E-state index contributed by atoms with van der Waals surface area (Å²) in [5, 5.41) is 3.01. The van der Waals surface area contributed by atoms with Crippen LogP contribution in [0.3, 0.4) is 0 Å². The van der Waals surface area contributed by atoms with Gasteiger partial charge < -0.3 is 5.32 Å². The molecule has 3 nitrogen and oxygen atoms in total. The molecule has 0 aliphatic heterocycles. The maximum atomic E-state index is 13.3. The molecule has 0 unspecified atom stereocenters. The van der Waals surface area contributed by atoms with Crippen molar-refractivity contribution in [2.75, 3.05) is 12.4 Å². The van der Waals surface area contributed by atoms with Crippen LogP contribution in [0.1, 0.15) is 18.3 Å². The summed E-state index contributed by atoms with van der Waals surface area (Å²) >= 11 is 0. The van der Waals surface area contributed by atoms with Crippen LogP contribution in [0.15, 0.2) is 24.3 Å². The Bertz CT molecular complexity index is 545. The number of nitrogens with one attached hydrogen (secondary N) is 1. The van der Waals surface area contributed by atoms with E-state index in [1.54, 1.807) is 19.1 Å². The Morgan fingerprint density at radius 2 is 2.00 bits per heavy atom. The van der Waals surface area contributed by atoms with E-state index in [1.807, 2.05) is 20.0 Å². The Hall–Kier alpha value is -1.97. The molecule has 18 heavy (non-hydrogen) atoms. The molecule has 1 heterocycles. The highest BCUT2D eigenvalue weighted by Crippen LogP contribution is 2.22. The molecule has 0 amide bonds. The second kappa shape index (κ2) is 5.12. The van der Waals surface area contributed by atoms with Gasteiger partial charge in [-0.3, -0.25) is 0 Å². The molecule has 94 valence electrons. The number of aromatic nitrogens is 2. The normalized spacial score (nSPS) is 10.4. The first-order valence-electron chi connectivity index (χ1n) is 5.96. The SMILES string of the molecule is CCc1nc(NC)cc(-c2ccc(F)c(C)c2)n1. The van der Waals surface area contributed by atoms with Gasteiger partial charge in [0.05, 0.1) is 5.69 Å². The molecule has 0 aliphatic rings. The average molecular weight is 245 g/mol. The van der Waals surface area contributed by atoms with Gasteiger partial charge in [0.25, 0.3) is 0 Å². The monoisotopic (exact) mass is 245 g/mol. The predicted molar refractivity (Wildman–Crippen MR) is 71.1 cm³/mol. The fraction of sp³-hybridized carbons (Fsp3) is 0.286. The highest BCUT2D eigenvalue weighted by molar-refractivity contribution is 5.63. The average Bonchev–Trinajstić information content (AvgIpc) is 2.41. The Morgan fingerprint density at radius 1 is 1.22 bits per heavy atom. The quantitative estimate of drug-likeness (QED) is 0.902. The molecule has 1 aromatic carbocycles. The Kier molecular flexibility index (Phi) is 3.55. The van der Waals surface area contributed by atoms with Crippen molar-refractivity contribution in [3.8, 4) is 11.3 Å². The van der Waals surface area contributed by atoms with Crippen molar-refractivity contribution in [3.63, 3.8) is 0 Å². The van der Waals surface area contributed by atoms with Gasteiger partial charge in [0.2, 0.25) is 0 Å². The Balaban J connectivity index is 2.51. The van der Waals surface area contributed by atoms with Crippen LogP contribution in [0, 0.1) is 12.7 Å². The topological polar surface area (TPSA) is 37.8 Å². The minimum absolute atomic E-state index is 0.197. The van der Waals surface area contributed by atoms with E-state index in [1.165, 1.54) is 6.07 Å². The maximum absolute atomic E-state index is 13.3. The van der Waals surface area contributed by atoms with Crippen molar-refractivity contribution in [3.05, 3.63) is 41.5 Å². The van der Waals surface area contributed by atoms with E-state index in [0.29, 0.717) is 5.56 Å². The van der Waals surface area contributed by atoms with Crippen molar-refractivity contribution < 1.29 is 4.39 Å². The van der Waals surface area contributed by atoms with Crippen molar-refractivity contribution >= 4 is 5.82 Å². The number of hydrogen-bond acceptors (Lipinski definition) is 3. The van der Waals surface area contributed by atoms with E-state index >= 15 is 0 Å². The van der Waals surface area contributed by atoms with Crippen LogP contribution in [-0.2, 0) is 6.42 Å². The molecule has 0 spiro atoms. The molecule has 0 saturated heterocycles.